The highest BCUT2D eigenvalue weighted by Crippen LogP contribution is 2.27. The monoisotopic (exact) mass is 618 g/mol. The average molecular weight is 619 g/mol. The highest BCUT2D eigenvalue weighted by Gasteiger charge is 2.26. The van der Waals surface area contributed by atoms with Gasteiger partial charge in [0, 0.05) is 30.3 Å². The van der Waals surface area contributed by atoms with Crippen LogP contribution in [0.15, 0.2) is 109 Å². The maximum absolute atomic E-state index is 13.6. The molecular weight excluding hydrogens is 584 g/mol. The van der Waals surface area contributed by atoms with Gasteiger partial charge in [-0.2, -0.15) is 0 Å². The zero-order chi connectivity index (χ0) is 32.5. The molecule has 0 aliphatic carbocycles. The summed E-state index contributed by atoms with van der Waals surface area (Å²) in [5.41, 5.74) is 3.62. The second-order valence-corrected chi connectivity index (χ2v) is 10.4. The maximum atomic E-state index is 13.6. The van der Waals surface area contributed by atoms with Crippen LogP contribution in [0, 0.1) is 0 Å². The predicted molar refractivity (Wildman–Crippen MR) is 175 cm³/mol. The lowest BCUT2D eigenvalue weighted by Crippen LogP contribution is -2.49. The Morgan fingerprint density at radius 3 is 2.30 bits per heavy atom. The molecule has 5 aromatic rings. The highest BCUT2D eigenvalue weighted by atomic mass is 16.5. The van der Waals surface area contributed by atoms with Crippen molar-refractivity contribution in [3.63, 3.8) is 0 Å². The molecule has 0 spiro atoms. The van der Waals surface area contributed by atoms with E-state index in [0.717, 1.165) is 5.56 Å². The lowest BCUT2D eigenvalue weighted by molar-refractivity contribution is -0.127. The molecule has 1 heterocycles. The summed E-state index contributed by atoms with van der Waals surface area (Å²) < 4.78 is 11.8. The first-order valence-electron chi connectivity index (χ1n) is 14.5. The van der Waals surface area contributed by atoms with E-state index in [0.29, 0.717) is 46.1 Å². The van der Waals surface area contributed by atoms with Crippen molar-refractivity contribution in [2.45, 2.75) is 19.0 Å². The first-order valence-corrected chi connectivity index (χ1v) is 14.5. The first-order chi connectivity index (χ1) is 22.3. The minimum absolute atomic E-state index is 0.170. The number of rotatable bonds is 12. The first kappa shape index (κ1) is 31.5. The number of carbonyl (C=O) groups excluding carboxylic acids is 3. The van der Waals surface area contributed by atoms with Gasteiger partial charge in [0.1, 0.15) is 29.8 Å². The molecule has 11 nitrogen and oxygen atoms in total. The largest absolute Gasteiger partial charge is 0.497 e. The van der Waals surface area contributed by atoms with E-state index in [1.54, 1.807) is 87.1 Å². The van der Waals surface area contributed by atoms with Gasteiger partial charge in [-0.05, 0) is 54.1 Å². The number of benzene rings is 4. The van der Waals surface area contributed by atoms with Crippen LogP contribution in [0.4, 0.5) is 11.4 Å². The van der Waals surface area contributed by atoms with Crippen molar-refractivity contribution in [1.29, 1.82) is 0 Å². The number of anilines is 2. The molecule has 0 aliphatic rings. The second-order valence-electron chi connectivity index (χ2n) is 10.4. The summed E-state index contributed by atoms with van der Waals surface area (Å²) >= 11 is 0. The predicted octanol–water partition coefficient (Wildman–Crippen LogP) is 4.61. The van der Waals surface area contributed by atoms with Crippen molar-refractivity contribution in [3.05, 3.63) is 120 Å². The van der Waals surface area contributed by atoms with Gasteiger partial charge in [-0.15, -0.1) is 5.10 Å². The number of para-hydroxylation sites is 1. The number of nitrogens with one attached hydrogen (secondary N) is 2. The average Bonchev–Trinajstić information content (AvgIpc) is 3.56. The van der Waals surface area contributed by atoms with Crippen molar-refractivity contribution in [1.82, 2.24) is 20.3 Å². The molecule has 46 heavy (non-hydrogen) atoms. The molecule has 1 unspecified atom stereocenters. The molecule has 2 N–H and O–H groups in total. The molecule has 1 aromatic heterocycles. The molecule has 4 aromatic carbocycles. The molecule has 11 heteroatoms. The van der Waals surface area contributed by atoms with E-state index in [1.807, 2.05) is 36.4 Å². The van der Waals surface area contributed by atoms with Gasteiger partial charge >= 0.3 is 0 Å². The Balaban J connectivity index is 1.29. The zero-order valence-electron chi connectivity index (χ0n) is 25.7. The van der Waals surface area contributed by atoms with Crippen LogP contribution >= 0.6 is 0 Å². The third-order valence-electron chi connectivity index (χ3n) is 7.33. The van der Waals surface area contributed by atoms with Gasteiger partial charge in [-0.25, -0.2) is 4.68 Å². The number of aromatic nitrogens is 3. The van der Waals surface area contributed by atoms with Crippen LogP contribution in [0.3, 0.4) is 0 Å². The number of hydrogen-bond donors (Lipinski definition) is 2. The summed E-state index contributed by atoms with van der Waals surface area (Å²) in [6, 6.07) is 29.8. The number of nitrogens with zero attached hydrogens (tertiary/aromatic N) is 4. The summed E-state index contributed by atoms with van der Waals surface area (Å²) in [5, 5.41) is 14.2. The van der Waals surface area contributed by atoms with Crippen molar-refractivity contribution < 1.29 is 23.9 Å². The standard InChI is InChI=1S/C35H34N6O5/c1-40(26-16-18-27(45-2)19-17-26)35(44)31(20-24-10-5-4-6-11-24)36-33(42)23-41-22-32(38-39-41)29-14-7-8-15-30(29)37-34(43)25-12-9-13-28(21-25)46-3/h4-19,21-22,31H,20,23H2,1-3H3,(H,36,42)(H,37,43). The lowest BCUT2D eigenvalue weighted by atomic mass is 10.0. The van der Waals surface area contributed by atoms with E-state index in [2.05, 4.69) is 20.9 Å². The van der Waals surface area contributed by atoms with Gasteiger partial charge in [0.2, 0.25) is 11.8 Å². The normalized spacial score (nSPS) is 11.3. The van der Waals surface area contributed by atoms with Crippen LogP contribution in [-0.4, -0.2) is 60.0 Å². The van der Waals surface area contributed by atoms with E-state index in [1.165, 1.54) is 16.7 Å². The van der Waals surface area contributed by atoms with Crippen LogP contribution in [0.25, 0.3) is 11.3 Å². The Labute approximate surface area is 266 Å². The van der Waals surface area contributed by atoms with Crippen molar-refractivity contribution in [2.75, 3.05) is 31.5 Å². The Morgan fingerprint density at radius 1 is 0.848 bits per heavy atom. The van der Waals surface area contributed by atoms with E-state index < -0.39 is 11.9 Å². The molecule has 0 bridgehead atoms. The molecule has 0 saturated carbocycles. The van der Waals surface area contributed by atoms with Gasteiger partial charge in [-0.3, -0.25) is 14.4 Å². The van der Waals surface area contributed by atoms with E-state index in [9.17, 15) is 14.4 Å². The fourth-order valence-electron chi connectivity index (χ4n) is 4.88. The third kappa shape index (κ3) is 7.75. The summed E-state index contributed by atoms with van der Waals surface area (Å²) in [4.78, 5) is 41.4. The van der Waals surface area contributed by atoms with Crippen molar-refractivity contribution in [2.24, 2.45) is 0 Å². The van der Waals surface area contributed by atoms with Crippen LogP contribution in [0.1, 0.15) is 15.9 Å². The topological polar surface area (TPSA) is 128 Å². The maximum Gasteiger partial charge on any atom is 0.255 e. The Bertz CT molecular complexity index is 1810. The molecule has 0 aliphatic heterocycles. The number of hydrogen-bond acceptors (Lipinski definition) is 7. The van der Waals surface area contributed by atoms with Crippen LogP contribution in [0.2, 0.25) is 0 Å². The summed E-state index contributed by atoms with van der Waals surface area (Å²) in [6.07, 6.45) is 1.92. The Hall–Kier alpha value is -5.97. The number of likely N-dealkylation sites (N-methyl/N-ethyl adjacent to an activating group) is 1. The summed E-state index contributed by atoms with van der Waals surface area (Å²) in [5.74, 6) is 0.248. The fraction of sp³-hybridized carbons (Fsp3) is 0.171. The van der Waals surface area contributed by atoms with Gasteiger partial charge in [-0.1, -0.05) is 59.8 Å². The minimum Gasteiger partial charge on any atom is -0.497 e. The van der Waals surface area contributed by atoms with Gasteiger partial charge < -0.3 is 25.0 Å². The van der Waals surface area contributed by atoms with E-state index in [-0.39, 0.29) is 18.4 Å². The van der Waals surface area contributed by atoms with Gasteiger partial charge in [0.15, 0.2) is 0 Å². The summed E-state index contributed by atoms with van der Waals surface area (Å²) in [7, 11) is 4.79. The Morgan fingerprint density at radius 2 is 1.57 bits per heavy atom. The number of methoxy groups -OCH3 is 2. The quantitative estimate of drug-likeness (QED) is 0.209. The van der Waals surface area contributed by atoms with Crippen molar-refractivity contribution in [3.8, 4) is 22.8 Å². The lowest BCUT2D eigenvalue weighted by Gasteiger charge is -2.25. The SMILES string of the molecule is COc1ccc(N(C)C(=O)C(Cc2ccccc2)NC(=O)Cn2cc(-c3ccccc3NC(=O)c3cccc(OC)c3)nn2)cc1. The number of amides is 3. The third-order valence-corrected chi connectivity index (χ3v) is 7.33. The molecule has 234 valence electrons. The van der Waals surface area contributed by atoms with Gasteiger partial charge in [0.25, 0.3) is 5.91 Å². The number of carbonyl (C=O) groups is 3. The van der Waals surface area contributed by atoms with Gasteiger partial charge in [0.05, 0.1) is 26.1 Å². The van der Waals surface area contributed by atoms with Crippen LogP contribution in [0.5, 0.6) is 11.5 Å². The molecule has 1 atom stereocenters. The zero-order valence-corrected chi connectivity index (χ0v) is 25.7. The smallest absolute Gasteiger partial charge is 0.255 e. The molecular formula is C35H34N6O5. The molecule has 0 fully saturated rings. The highest BCUT2D eigenvalue weighted by molar-refractivity contribution is 6.06. The molecule has 0 saturated heterocycles. The molecule has 3 amide bonds. The van der Waals surface area contributed by atoms with E-state index in [4.69, 9.17) is 9.47 Å². The number of ether oxygens (including phenoxy) is 2. The van der Waals surface area contributed by atoms with Crippen LogP contribution < -0.4 is 25.0 Å². The van der Waals surface area contributed by atoms with Crippen LogP contribution in [-0.2, 0) is 22.6 Å². The second kappa shape index (κ2) is 14.7. The molecule has 5 rings (SSSR count). The Kier molecular flexibility index (Phi) is 10.0. The minimum atomic E-state index is -0.836. The summed E-state index contributed by atoms with van der Waals surface area (Å²) in [6.45, 7) is -0.170. The molecule has 0 radical (unpaired) electrons. The fourth-order valence-corrected chi connectivity index (χ4v) is 4.88. The van der Waals surface area contributed by atoms with Crippen molar-refractivity contribution >= 4 is 29.1 Å². The van der Waals surface area contributed by atoms with E-state index >= 15 is 0 Å².